The second-order valence-corrected chi connectivity index (χ2v) is 5.17. The van der Waals surface area contributed by atoms with Crippen LogP contribution in [-0.4, -0.2) is 6.61 Å². The van der Waals surface area contributed by atoms with Gasteiger partial charge < -0.3 is 10.1 Å². The lowest BCUT2D eigenvalue weighted by molar-refractivity contribution is 0.337. The molecule has 0 amide bonds. The molecule has 2 aromatic rings. The molecule has 2 rings (SSSR count). The molecule has 0 radical (unpaired) electrons. The van der Waals surface area contributed by atoms with Crippen LogP contribution < -0.4 is 10.1 Å². The number of hydrogen-bond donors (Lipinski definition) is 1. The topological polar surface area (TPSA) is 21.3 Å². The zero-order chi connectivity index (χ0) is 15.2. The standard InChI is InChI=1S/C16H16Cl2FNO/c1-2-21-16-6-4-13(8-12(16)9-17)20-10-11-3-5-14(18)15(19)7-11/h3-8,20H,2,9-10H2,1H3. The van der Waals surface area contributed by atoms with Gasteiger partial charge in [0.1, 0.15) is 11.6 Å². The van der Waals surface area contributed by atoms with Crippen LogP contribution in [0.5, 0.6) is 5.75 Å². The molecule has 0 fully saturated rings. The third-order valence-corrected chi connectivity index (χ3v) is 3.58. The van der Waals surface area contributed by atoms with Gasteiger partial charge >= 0.3 is 0 Å². The minimum absolute atomic E-state index is 0.129. The highest BCUT2D eigenvalue weighted by atomic mass is 35.5. The second kappa shape index (κ2) is 7.53. The lowest BCUT2D eigenvalue weighted by Crippen LogP contribution is -2.02. The van der Waals surface area contributed by atoms with Crippen LogP contribution in [-0.2, 0) is 12.4 Å². The predicted octanol–water partition coefficient (Wildman–Crippen LogP) is 5.23. The average molecular weight is 328 g/mol. The summed E-state index contributed by atoms with van der Waals surface area (Å²) in [6.07, 6.45) is 0. The van der Waals surface area contributed by atoms with Crippen molar-refractivity contribution >= 4 is 28.9 Å². The van der Waals surface area contributed by atoms with Gasteiger partial charge in [-0.3, -0.25) is 0 Å². The minimum atomic E-state index is -0.413. The molecule has 0 spiro atoms. The molecule has 112 valence electrons. The van der Waals surface area contributed by atoms with Crippen LogP contribution in [0.2, 0.25) is 5.02 Å². The summed E-state index contributed by atoms with van der Waals surface area (Å²) < 4.78 is 18.9. The summed E-state index contributed by atoms with van der Waals surface area (Å²) in [6, 6.07) is 10.5. The van der Waals surface area contributed by atoms with Gasteiger partial charge in [0.25, 0.3) is 0 Å². The maximum Gasteiger partial charge on any atom is 0.142 e. The van der Waals surface area contributed by atoms with E-state index in [0.717, 1.165) is 22.6 Å². The third-order valence-electron chi connectivity index (χ3n) is 2.98. The maximum absolute atomic E-state index is 13.4. The normalized spacial score (nSPS) is 10.5. The van der Waals surface area contributed by atoms with Crippen molar-refractivity contribution in [2.24, 2.45) is 0 Å². The fourth-order valence-electron chi connectivity index (χ4n) is 1.94. The molecule has 0 unspecified atom stereocenters. The van der Waals surface area contributed by atoms with Crippen molar-refractivity contribution in [1.29, 1.82) is 0 Å². The van der Waals surface area contributed by atoms with Gasteiger partial charge in [0.2, 0.25) is 0 Å². The molecule has 0 aliphatic rings. The van der Waals surface area contributed by atoms with E-state index in [-0.39, 0.29) is 5.02 Å². The molecule has 0 bridgehead atoms. The number of nitrogens with one attached hydrogen (secondary N) is 1. The predicted molar refractivity (Wildman–Crippen MR) is 85.9 cm³/mol. The van der Waals surface area contributed by atoms with Crippen LogP contribution in [0.15, 0.2) is 36.4 Å². The fraction of sp³-hybridized carbons (Fsp3) is 0.250. The van der Waals surface area contributed by atoms with Gasteiger partial charge in [0.15, 0.2) is 0 Å². The summed E-state index contributed by atoms with van der Waals surface area (Å²) in [5.41, 5.74) is 2.65. The Bertz CT molecular complexity index is 619. The van der Waals surface area contributed by atoms with Crippen molar-refractivity contribution in [1.82, 2.24) is 0 Å². The van der Waals surface area contributed by atoms with Crippen molar-refractivity contribution in [3.63, 3.8) is 0 Å². The third kappa shape index (κ3) is 4.26. The van der Waals surface area contributed by atoms with E-state index >= 15 is 0 Å². The highest BCUT2D eigenvalue weighted by molar-refractivity contribution is 6.30. The van der Waals surface area contributed by atoms with E-state index in [1.807, 2.05) is 25.1 Å². The highest BCUT2D eigenvalue weighted by Crippen LogP contribution is 2.25. The van der Waals surface area contributed by atoms with Crippen molar-refractivity contribution in [2.75, 3.05) is 11.9 Å². The van der Waals surface area contributed by atoms with Crippen LogP contribution >= 0.6 is 23.2 Å². The molecule has 0 saturated carbocycles. The molecule has 0 saturated heterocycles. The number of anilines is 1. The summed E-state index contributed by atoms with van der Waals surface area (Å²) in [7, 11) is 0. The van der Waals surface area contributed by atoms with E-state index in [4.69, 9.17) is 27.9 Å². The zero-order valence-electron chi connectivity index (χ0n) is 11.6. The van der Waals surface area contributed by atoms with E-state index < -0.39 is 5.82 Å². The monoisotopic (exact) mass is 327 g/mol. The Balaban J connectivity index is 2.07. The number of halogens is 3. The van der Waals surface area contributed by atoms with E-state index in [2.05, 4.69) is 5.32 Å². The first-order valence-electron chi connectivity index (χ1n) is 6.63. The first-order chi connectivity index (χ1) is 10.1. The van der Waals surface area contributed by atoms with E-state index in [1.165, 1.54) is 6.07 Å². The van der Waals surface area contributed by atoms with Gasteiger partial charge in [-0.2, -0.15) is 0 Å². The van der Waals surface area contributed by atoms with Crippen molar-refractivity contribution in [2.45, 2.75) is 19.3 Å². The van der Waals surface area contributed by atoms with Crippen LogP contribution in [0.25, 0.3) is 0 Å². The molecule has 2 aromatic carbocycles. The quantitative estimate of drug-likeness (QED) is 0.733. The number of alkyl halides is 1. The number of rotatable bonds is 6. The lowest BCUT2D eigenvalue weighted by atomic mass is 10.1. The first-order valence-corrected chi connectivity index (χ1v) is 7.54. The zero-order valence-corrected chi connectivity index (χ0v) is 13.1. The molecular weight excluding hydrogens is 312 g/mol. The average Bonchev–Trinajstić information content (AvgIpc) is 2.49. The summed E-state index contributed by atoms with van der Waals surface area (Å²) in [4.78, 5) is 0. The summed E-state index contributed by atoms with van der Waals surface area (Å²) in [6.45, 7) is 3.03. The van der Waals surface area contributed by atoms with Crippen molar-refractivity contribution in [3.8, 4) is 5.75 Å². The molecule has 0 aromatic heterocycles. The Morgan fingerprint density at radius 1 is 1.19 bits per heavy atom. The molecule has 0 atom stereocenters. The Morgan fingerprint density at radius 2 is 2.00 bits per heavy atom. The van der Waals surface area contributed by atoms with Crippen LogP contribution in [0.4, 0.5) is 10.1 Å². The van der Waals surface area contributed by atoms with Gasteiger partial charge in [-0.25, -0.2) is 4.39 Å². The van der Waals surface area contributed by atoms with Crippen molar-refractivity contribution in [3.05, 3.63) is 58.4 Å². The largest absolute Gasteiger partial charge is 0.494 e. The van der Waals surface area contributed by atoms with E-state index in [9.17, 15) is 4.39 Å². The number of benzene rings is 2. The molecule has 0 heterocycles. The molecule has 0 aliphatic heterocycles. The molecule has 5 heteroatoms. The molecule has 0 aliphatic carbocycles. The van der Waals surface area contributed by atoms with E-state index in [1.54, 1.807) is 12.1 Å². The smallest absolute Gasteiger partial charge is 0.142 e. The number of hydrogen-bond acceptors (Lipinski definition) is 2. The maximum atomic E-state index is 13.4. The van der Waals surface area contributed by atoms with Crippen LogP contribution in [0, 0.1) is 5.82 Å². The molecular formula is C16H16Cl2FNO. The Labute approximate surface area is 133 Å². The fourth-order valence-corrected chi connectivity index (χ4v) is 2.27. The van der Waals surface area contributed by atoms with E-state index in [0.29, 0.717) is 19.0 Å². The Morgan fingerprint density at radius 3 is 2.67 bits per heavy atom. The molecule has 21 heavy (non-hydrogen) atoms. The number of ether oxygens (including phenoxy) is 1. The summed E-state index contributed by atoms with van der Waals surface area (Å²) in [5.74, 6) is 0.750. The lowest BCUT2D eigenvalue weighted by Gasteiger charge is -2.12. The molecule has 1 N–H and O–H groups in total. The second-order valence-electron chi connectivity index (χ2n) is 4.49. The van der Waals surface area contributed by atoms with Crippen LogP contribution in [0.1, 0.15) is 18.1 Å². The first kappa shape index (κ1) is 15.9. The molecule has 2 nitrogen and oxygen atoms in total. The van der Waals surface area contributed by atoms with Gasteiger partial charge in [-0.05, 0) is 42.8 Å². The van der Waals surface area contributed by atoms with Crippen molar-refractivity contribution < 1.29 is 9.13 Å². The summed E-state index contributed by atoms with van der Waals surface area (Å²) >= 11 is 11.6. The van der Waals surface area contributed by atoms with Gasteiger partial charge in [-0.1, -0.05) is 17.7 Å². The highest BCUT2D eigenvalue weighted by Gasteiger charge is 2.05. The summed E-state index contributed by atoms with van der Waals surface area (Å²) in [5, 5.41) is 3.36. The Kier molecular flexibility index (Phi) is 5.71. The van der Waals surface area contributed by atoms with Gasteiger partial charge in [0, 0.05) is 17.8 Å². The van der Waals surface area contributed by atoms with Gasteiger partial charge in [-0.15, -0.1) is 11.6 Å². The SMILES string of the molecule is CCOc1ccc(NCc2ccc(Cl)c(F)c2)cc1CCl. The Hall–Kier alpha value is -1.45. The van der Waals surface area contributed by atoms with Gasteiger partial charge in [0.05, 0.1) is 17.5 Å². The minimum Gasteiger partial charge on any atom is -0.494 e. The van der Waals surface area contributed by atoms with Crippen LogP contribution in [0.3, 0.4) is 0 Å².